The summed E-state index contributed by atoms with van der Waals surface area (Å²) in [4.78, 5) is 119. The minimum absolute atomic E-state index is 0. The second-order valence-electron chi connectivity index (χ2n) is 1.75. The first-order chi connectivity index (χ1) is 12.1. The van der Waals surface area contributed by atoms with Crippen molar-refractivity contribution in [1.82, 2.24) is 0 Å². The zero-order valence-corrected chi connectivity index (χ0v) is 40.7. The van der Waals surface area contributed by atoms with Crippen LogP contribution in [0.3, 0.4) is 0 Å². The van der Waals surface area contributed by atoms with E-state index < -0.39 is 64.2 Å². The maximum Gasteiger partial charge on any atom is 3.00 e. The van der Waals surface area contributed by atoms with Gasteiger partial charge in [0.05, 0.1) is 0 Å². The number of hydrogen-bond acceptors (Lipinski definition) is 21. The fraction of sp³-hybridized carbons (Fsp3) is 0. The van der Waals surface area contributed by atoms with E-state index in [2.05, 4.69) is 0 Å². The van der Waals surface area contributed by atoms with Crippen LogP contribution in [0.25, 0.3) is 0 Å². The SMILES string of the molecule is O=[Si]([O-])[O-].O=[Si]([O-])[O-].O=[Si]([O-])[O-].O=[Si]([O-])[O-].O=[Si]([O-])[O-].O=[Si]([O-])[O-].O=[Si]([O-])[O-].[Ca+2].[La+3].[Mg+2].[Mn+2].[Na+].[Sr+2].[Zn+2]. The van der Waals surface area contributed by atoms with Crippen molar-refractivity contribution in [3.8, 4) is 0 Å². The molecule has 35 heteroatoms. The van der Waals surface area contributed by atoms with Crippen LogP contribution in [0.2, 0.25) is 0 Å². The van der Waals surface area contributed by atoms with Crippen LogP contribution >= 0.6 is 0 Å². The predicted octanol–water partition coefficient (Wildman–Crippen LogP) is -24.3. The van der Waals surface area contributed by atoms with E-state index in [1.54, 1.807) is 0 Å². The van der Waals surface area contributed by atoms with Crippen molar-refractivity contribution < 1.29 is 200 Å². The molecular formula is CaLaMgMnNaO21Si7SrZn. The average Bonchev–Trinajstić information content (AvgIpc) is 2.20. The van der Waals surface area contributed by atoms with Crippen molar-refractivity contribution in [3.63, 3.8) is 0 Å². The monoisotopic (exact) mass is 964 g/mol. The molecule has 0 fully saturated rings. The standard InChI is InChI=1S/Ca.La.Mg.Mn.Na.7O3Si.Sr.Zn/c;;;;;7*1-4(2)3;;/q+2;+3;2*+2;+1;7*-2;2*+2. The van der Waals surface area contributed by atoms with Crippen molar-refractivity contribution >= 4 is 170 Å². The molecule has 0 aliphatic heterocycles. The van der Waals surface area contributed by atoms with Gasteiger partial charge in [0.1, 0.15) is 0 Å². The zero-order valence-electron chi connectivity index (χ0n) is 16.9. The van der Waals surface area contributed by atoms with Crippen LogP contribution in [0.1, 0.15) is 0 Å². The van der Waals surface area contributed by atoms with Crippen molar-refractivity contribution in [1.29, 1.82) is 0 Å². The largest absolute Gasteiger partial charge is 3.00 e. The normalized spacial score (nSPS) is 4.80. The first-order valence-electron chi connectivity index (χ1n) is 4.29. The minimum atomic E-state index is -3.63. The summed E-state index contributed by atoms with van der Waals surface area (Å²) < 4.78 is 59.6. The first kappa shape index (κ1) is 90.1. The Kier molecular flexibility index (Phi) is 214. The molecule has 0 saturated carbocycles. The van der Waals surface area contributed by atoms with Gasteiger partial charge in [0.15, 0.2) is 0 Å². The van der Waals surface area contributed by atoms with E-state index in [0.717, 1.165) is 0 Å². The topological polar surface area (TPSA) is 442 Å². The van der Waals surface area contributed by atoms with Crippen LogP contribution in [-0.4, -0.2) is 170 Å². The summed E-state index contributed by atoms with van der Waals surface area (Å²) in [5.74, 6) is 0. The van der Waals surface area contributed by atoms with Gasteiger partial charge < -0.3 is 98.4 Å². The van der Waals surface area contributed by atoms with Gasteiger partial charge in [0.25, 0.3) is 0 Å². The van der Waals surface area contributed by atoms with E-state index in [0.29, 0.717) is 0 Å². The molecule has 1 radical (unpaired) electrons. The molecule has 0 bridgehead atoms. The molecule has 0 saturated heterocycles. The van der Waals surface area contributed by atoms with Crippen LogP contribution in [-0.2, 0) is 67.8 Å². The van der Waals surface area contributed by atoms with E-state index in [9.17, 15) is 0 Å². The molecule has 0 rings (SSSR count). The summed E-state index contributed by atoms with van der Waals surface area (Å²) in [7, 11) is -25.4. The van der Waals surface area contributed by atoms with Crippen molar-refractivity contribution in [3.05, 3.63) is 0 Å². The van der Waals surface area contributed by atoms with E-state index in [-0.39, 0.29) is 208 Å². The molecule has 0 aliphatic rings. The van der Waals surface area contributed by atoms with Gasteiger partial charge in [0, 0.05) is 64.2 Å². The predicted molar refractivity (Wildman–Crippen MR) is 62.3 cm³/mol. The summed E-state index contributed by atoms with van der Waals surface area (Å²) in [6.07, 6.45) is 0. The maximum atomic E-state index is 8.52. The Morgan fingerprint density at radius 2 is 0.371 bits per heavy atom. The summed E-state index contributed by atoms with van der Waals surface area (Å²) in [5.41, 5.74) is 0. The van der Waals surface area contributed by atoms with Gasteiger partial charge in [-0.3, -0.25) is 0 Å². The molecule has 21 nitrogen and oxygen atoms in total. The molecule has 0 unspecified atom stereocenters. The van der Waals surface area contributed by atoms with Gasteiger partial charge >= 0.3 is 208 Å². The quantitative estimate of drug-likeness (QED) is 0.203. The van der Waals surface area contributed by atoms with E-state index >= 15 is 0 Å². The molecule has 173 valence electrons. The Balaban J connectivity index is -0.0000000119. The maximum absolute atomic E-state index is 8.52. The molecule has 35 heavy (non-hydrogen) atoms. The molecule has 0 atom stereocenters. The molecule has 0 amide bonds. The number of rotatable bonds is 0. The second-order valence-corrected chi connectivity index (χ2v) is 5.25. The third-order valence-corrected chi connectivity index (χ3v) is 0. The molecule has 0 spiro atoms. The van der Waals surface area contributed by atoms with Gasteiger partial charge in [-0.05, 0) is 0 Å². The van der Waals surface area contributed by atoms with Gasteiger partial charge in [-0.15, -0.1) is 0 Å². The fourth-order valence-corrected chi connectivity index (χ4v) is 0. The van der Waals surface area contributed by atoms with Gasteiger partial charge in [-0.1, -0.05) is 0 Å². The number of hydrogen-bond donors (Lipinski definition) is 0. The van der Waals surface area contributed by atoms with Crippen molar-refractivity contribution in [2.45, 2.75) is 0 Å². The molecule has 0 N–H and O–H groups in total. The fourth-order valence-electron chi connectivity index (χ4n) is 0. The van der Waals surface area contributed by atoms with Gasteiger partial charge in [0.2, 0.25) is 0 Å². The zero-order chi connectivity index (χ0) is 25.0. The Hall–Kier alpha value is 4.16. The average molecular weight is 967 g/mol. The molecular weight excluding hydrogens is 967 g/mol. The van der Waals surface area contributed by atoms with Gasteiger partial charge in [-0.25, -0.2) is 0 Å². The summed E-state index contributed by atoms with van der Waals surface area (Å²) in [5, 5.41) is 0. The molecule has 0 aromatic rings. The smallest absolute Gasteiger partial charge is 0.672 e. The summed E-state index contributed by atoms with van der Waals surface area (Å²) in [6.45, 7) is 0. The van der Waals surface area contributed by atoms with E-state index in [1.165, 1.54) is 0 Å². The molecule has 0 aromatic heterocycles. The summed E-state index contributed by atoms with van der Waals surface area (Å²) >= 11 is 0. The van der Waals surface area contributed by atoms with Crippen LogP contribution < -0.4 is 96.7 Å². The minimum Gasteiger partial charge on any atom is -0.672 e. The second kappa shape index (κ2) is 83.2. The van der Waals surface area contributed by atoms with Crippen LogP contribution in [0.15, 0.2) is 0 Å². The van der Waals surface area contributed by atoms with Crippen LogP contribution in [0.4, 0.5) is 0 Å². The molecule has 0 aliphatic carbocycles. The van der Waals surface area contributed by atoms with E-state index in [4.69, 9.17) is 98.4 Å². The Bertz CT molecular complexity index is 347. The Morgan fingerprint density at radius 1 is 0.371 bits per heavy atom. The Labute approximate surface area is 362 Å². The third kappa shape index (κ3) is 2880. The summed E-state index contributed by atoms with van der Waals surface area (Å²) in [6, 6.07) is 0. The first-order valence-corrected chi connectivity index (χ1v) is 12.9. The van der Waals surface area contributed by atoms with Crippen molar-refractivity contribution in [2.24, 2.45) is 0 Å². The van der Waals surface area contributed by atoms with Crippen molar-refractivity contribution in [2.75, 3.05) is 0 Å². The van der Waals surface area contributed by atoms with Gasteiger partial charge in [-0.2, -0.15) is 0 Å². The molecule has 0 heterocycles. The van der Waals surface area contributed by atoms with Crippen LogP contribution in [0, 0.1) is 35.6 Å². The van der Waals surface area contributed by atoms with Crippen LogP contribution in [0.5, 0.6) is 0 Å². The third-order valence-electron chi connectivity index (χ3n) is 0. The van der Waals surface area contributed by atoms with E-state index in [1.807, 2.05) is 0 Å². The molecule has 0 aromatic carbocycles. The Morgan fingerprint density at radius 3 is 0.371 bits per heavy atom.